The molecule has 0 amide bonds. The molecule has 1 aliphatic carbocycles. The van der Waals surface area contributed by atoms with E-state index in [1.807, 2.05) is 31.2 Å². The number of aliphatic hydroxyl groups excluding tert-OH is 1. The number of aryl methyl sites for hydroxylation is 1. The Labute approximate surface area is 236 Å². The van der Waals surface area contributed by atoms with Crippen LogP contribution < -0.4 is 10.3 Å². The lowest BCUT2D eigenvalue weighted by atomic mass is 9.94. The third-order valence-electron chi connectivity index (χ3n) is 7.80. The van der Waals surface area contributed by atoms with Gasteiger partial charge in [0.15, 0.2) is 0 Å². The summed E-state index contributed by atoms with van der Waals surface area (Å²) in [7, 11) is 1.62. The van der Waals surface area contributed by atoms with Crippen molar-refractivity contribution in [3.63, 3.8) is 0 Å². The lowest BCUT2D eigenvalue weighted by Gasteiger charge is -2.31. The summed E-state index contributed by atoms with van der Waals surface area (Å²) in [5.74, 6) is -0.0213. The van der Waals surface area contributed by atoms with Crippen molar-refractivity contribution in [2.75, 3.05) is 7.11 Å². The third-order valence-corrected chi connectivity index (χ3v) is 9.16. The Morgan fingerprint density at radius 1 is 1.25 bits per heavy atom. The van der Waals surface area contributed by atoms with Crippen LogP contribution in [0.25, 0.3) is 20.9 Å². The van der Waals surface area contributed by atoms with Gasteiger partial charge in [0, 0.05) is 22.9 Å². The number of aromatic nitrogens is 2. The molecule has 2 N–H and O–H groups in total. The molecule has 10 heteroatoms. The summed E-state index contributed by atoms with van der Waals surface area (Å²) < 4.78 is 20.0. The fraction of sp³-hybridized carbons (Fsp3) is 0.433. The Balaban J connectivity index is 1.69. The van der Waals surface area contributed by atoms with E-state index in [0.29, 0.717) is 41.9 Å². The highest BCUT2D eigenvalue weighted by Gasteiger charge is 2.34. The monoisotopic (exact) mass is 566 g/mol. The summed E-state index contributed by atoms with van der Waals surface area (Å²) in [6.07, 6.45) is 7.09. The van der Waals surface area contributed by atoms with E-state index in [-0.39, 0.29) is 17.8 Å². The van der Waals surface area contributed by atoms with Gasteiger partial charge >= 0.3 is 5.97 Å². The van der Waals surface area contributed by atoms with Crippen LogP contribution in [0.15, 0.2) is 52.1 Å². The number of carbonyl (C=O) groups is 1. The van der Waals surface area contributed by atoms with Gasteiger partial charge in [-0.1, -0.05) is 18.2 Å². The number of methoxy groups -OCH3 is 1. The van der Waals surface area contributed by atoms with Crippen LogP contribution in [0.3, 0.4) is 0 Å². The van der Waals surface area contributed by atoms with E-state index in [4.69, 9.17) is 13.9 Å². The molecule has 9 nitrogen and oxygen atoms in total. The van der Waals surface area contributed by atoms with Gasteiger partial charge in [-0.25, -0.2) is 9.78 Å². The number of para-hydroxylation sites is 1. The molecule has 0 bridgehead atoms. The van der Waals surface area contributed by atoms with Crippen molar-refractivity contribution in [3.05, 3.63) is 70.0 Å². The number of carboxylic acids is 1. The topological polar surface area (TPSA) is 124 Å². The molecule has 0 saturated heterocycles. The number of thiophene rings is 1. The molecule has 4 aromatic rings. The lowest BCUT2D eigenvalue weighted by Crippen LogP contribution is -2.42. The summed E-state index contributed by atoms with van der Waals surface area (Å²) in [5.41, 5.74) is 0.467. The highest BCUT2D eigenvalue weighted by atomic mass is 32.1. The van der Waals surface area contributed by atoms with Crippen molar-refractivity contribution >= 4 is 27.4 Å². The average molecular weight is 567 g/mol. The van der Waals surface area contributed by atoms with E-state index in [1.165, 1.54) is 36.0 Å². The minimum Gasteiger partial charge on any atom is -0.496 e. The van der Waals surface area contributed by atoms with Crippen LogP contribution >= 0.6 is 11.3 Å². The van der Waals surface area contributed by atoms with Crippen molar-refractivity contribution < 1.29 is 28.9 Å². The van der Waals surface area contributed by atoms with Crippen molar-refractivity contribution in [1.29, 1.82) is 0 Å². The number of hydrogen-bond donors (Lipinski definition) is 2. The number of fused-ring (bicyclic) bond motifs is 1. The second-order valence-corrected chi connectivity index (χ2v) is 11.8. The first-order valence-corrected chi connectivity index (χ1v) is 14.2. The predicted octanol–water partition coefficient (Wildman–Crippen LogP) is 5.46. The molecular formula is C30H34N2O7S. The molecule has 3 heterocycles. The van der Waals surface area contributed by atoms with Crippen molar-refractivity contribution in [2.24, 2.45) is 0 Å². The van der Waals surface area contributed by atoms with Crippen LogP contribution in [-0.2, 0) is 21.5 Å². The van der Waals surface area contributed by atoms with E-state index in [9.17, 15) is 19.8 Å². The number of oxazole rings is 1. The first-order valence-electron chi connectivity index (χ1n) is 13.4. The van der Waals surface area contributed by atoms with Crippen LogP contribution in [-0.4, -0.2) is 45.1 Å². The molecule has 212 valence electrons. The molecule has 1 aliphatic rings. The SMILES string of the molecule is COc1ccccc1[C@H](Cc1cn(C(C)(C)C(=O)O)c(=O)c2c(C)c(-c3ncco3)sc12)O[C@H]1CC[C@@H](O)CC1. The third kappa shape index (κ3) is 5.18. The summed E-state index contributed by atoms with van der Waals surface area (Å²) in [4.78, 5) is 31.1. The molecule has 5 rings (SSSR count). The van der Waals surface area contributed by atoms with Gasteiger partial charge in [-0.05, 0) is 63.6 Å². The minimum atomic E-state index is -1.49. The Kier molecular flexibility index (Phi) is 7.85. The van der Waals surface area contributed by atoms with Crippen LogP contribution in [0, 0.1) is 6.92 Å². The molecule has 1 fully saturated rings. The summed E-state index contributed by atoms with van der Waals surface area (Å²) in [6, 6.07) is 7.68. The van der Waals surface area contributed by atoms with Crippen molar-refractivity contribution in [2.45, 2.75) is 76.7 Å². The first-order chi connectivity index (χ1) is 19.1. The Hall–Kier alpha value is -3.47. The quantitative estimate of drug-likeness (QED) is 0.274. The number of rotatable bonds is 9. The molecule has 0 aliphatic heterocycles. The second kappa shape index (κ2) is 11.2. The second-order valence-electron chi connectivity index (χ2n) is 10.8. The molecule has 0 radical (unpaired) electrons. The lowest BCUT2D eigenvalue weighted by molar-refractivity contribution is -0.145. The zero-order valence-electron chi connectivity index (χ0n) is 23.0. The number of hydrogen-bond acceptors (Lipinski definition) is 8. The molecule has 1 atom stereocenters. The summed E-state index contributed by atoms with van der Waals surface area (Å²) >= 11 is 1.41. The normalized spacial score (nSPS) is 18.6. The van der Waals surface area contributed by atoms with Gasteiger partial charge in [0.2, 0.25) is 5.89 Å². The van der Waals surface area contributed by atoms with Crippen LogP contribution in [0.2, 0.25) is 0 Å². The molecule has 0 unspecified atom stereocenters. The number of aliphatic hydroxyl groups is 1. The maximum Gasteiger partial charge on any atom is 0.329 e. The molecule has 1 aromatic carbocycles. The molecule has 0 spiro atoms. The Morgan fingerprint density at radius 3 is 2.62 bits per heavy atom. The summed E-state index contributed by atoms with van der Waals surface area (Å²) in [5, 5.41) is 20.5. The van der Waals surface area contributed by atoms with Gasteiger partial charge in [0.1, 0.15) is 17.6 Å². The largest absolute Gasteiger partial charge is 0.496 e. The maximum atomic E-state index is 13.8. The minimum absolute atomic E-state index is 0.0527. The van der Waals surface area contributed by atoms with Crippen molar-refractivity contribution in [1.82, 2.24) is 9.55 Å². The number of benzene rings is 1. The number of aliphatic carboxylic acids is 1. The zero-order valence-corrected chi connectivity index (χ0v) is 23.9. The maximum absolute atomic E-state index is 13.8. The number of nitrogens with zero attached hydrogens (tertiary/aromatic N) is 2. The van der Waals surface area contributed by atoms with Gasteiger partial charge in [0.25, 0.3) is 5.56 Å². The molecule has 1 saturated carbocycles. The fourth-order valence-electron chi connectivity index (χ4n) is 5.37. The molecular weight excluding hydrogens is 532 g/mol. The van der Waals surface area contributed by atoms with E-state index >= 15 is 0 Å². The highest BCUT2D eigenvalue weighted by molar-refractivity contribution is 7.22. The van der Waals surface area contributed by atoms with Crippen LogP contribution in [0.1, 0.15) is 62.3 Å². The van der Waals surface area contributed by atoms with E-state index < -0.39 is 17.6 Å². The van der Waals surface area contributed by atoms with Crippen LogP contribution in [0.4, 0.5) is 0 Å². The molecule has 3 aromatic heterocycles. The Bertz CT molecular complexity index is 1560. The van der Waals surface area contributed by atoms with E-state index in [0.717, 1.165) is 33.5 Å². The zero-order chi connectivity index (χ0) is 28.6. The highest BCUT2D eigenvalue weighted by Crippen LogP contribution is 2.41. The predicted molar refractivity (Wildman–Crippen MR) is 152 cm³/mol. The number of pyridine rings is 1. The fourth-order valence-corrected chi connectivity index (χ4v) is 6.63. The van der Waals surface area contributed by atoms with Gasteiger partial charge in [-0.15, -0.1) is 11.3 Å². The van der Waals surface area contributed by atoms with Crippen LogP contribution in [0.5, 0.6) is 5.75 Å². The summed E-state index contributed by atoms with van der Waals surface area (Å²) in [6.45, 7) is 4.87. The molecule has 40 heavy (non-hydrogen) atoms. The van der Waals surface area contributed by atoms with E-state index in [2.05, 4.69) is 4.98 Å². The smallest absolute Gasteiger partial charge is 0.329 e. The van der Waals surface area contributed by atoms with Gasteiger partial charge in [-0.2, -0.15) is 0 Å². The van der Waals surface area contributed by atoms with Crippen molar-refractivity contribution in [3.8, 4) is 16.5 Å². The number of carboxylic acid groups (broad SMARTS) is 1. The average Bonchev–Trinajstić information content (AvgIpc) is 3.59. The van der Waals surface area contributed by atoms with Gasteiger partial charge in [-0.3, -0.25) is 9.36 Å². The first kappa shape index (κ1) is 28.1. The Morgan fingerprint density at radius 2 is 1.98 bits per heavy atom. The standard InChI is InChI=1S/C30H34N2O7S/c1-17-24-26(40-25(17)27-31-13-14-38-27)18(16-32(28(24)34)30(2,3)29(35)36)15-23(21-7-5-6-8-22(21)37-4)39-20-11-9-19(33)10-12-20/h5-8,13-14,16,19-20,23,33H,9-12,15H2,1-4H3,(H,35,36)/t19-,20+,23-/m0/s1. The number of ether oxygens (including phenoxy) is 2. The van der Waals surface area contributed by atoms with E-state index in [1.54, 1.807) is 19.5 Å². The van der Waals surface area contributed by atoms with Gasteiger partial charge in [0.05, 0.1) is 41.9 Å². The van der Waals surface area contributed by atoms with Gasteiger partial charge < -0.3 is 24.1 Å².